The average Bonchev–Trinajstić information content (AvgIpc) is 3.38. The number of hydrogen-bond donors (Lipinski definition) is 1. The molecule has 2 aromatic heterocycles. The van der Waals surface area contributed by atoms with E-state index in [1.165, 1.54) is 4.68 Å². The van der Waals surface area contributed by atoms with Crippen molar-refractivity contribution in [2.45, 2.75) is 19.1 Å². The van der Waals surface area contributed by atoms with Crippen molar-refractivity contribution in [1.82, 2.24) is 25.2 Å². The fraction of sp³-hybridized carbons (Fsp3) is 0.333. The molecule has 0 radical (unpaired) electrons. The summed E-state index contributed by atoms with van der Waals surface area (Å²) in [5.41, 5.74) is 1.22. The van der Waals surface area contributed by atoms with Crippen molar-refractivity contribution in [2.75, 3.05) is 23.3 Å². The number of benzene rings is 1. The second-order valence-corrected chi connectivity index (χ2v) is 7.59. The number of pyridine rings is 1. The number of nitrogens with zero attached hydrogens (tertiary/aromatic N) is 6. The Kier molecular flexibility index (Phi) is 5.70. The molecule has 3 heterocycles. The smallest absolute Gasteiger partial charge is 0.356 e. The number of halogens is 5. The van der Waals surface area contributed by atoms with Crippen molar-refractivity contribution >= 4 is 35.0 Å². The molecule has 1 unspecified atom stereocenters. The fourth-order valence-corrected chi connectivity index (χ4v) is 3.74. The van der Waals surface area contributed by atoms with Gasteiger partial charge in [-0.3, -0.25) is 0 Å². The molecule has 1 fully saturated rings. The topological polar surface area (TPSA) is 71.8 Å². The van der Waals surface area contributed by atoms with Gasteiger partial charge < -0.3 is 10.2 Å². The van der Waals surface area contributed by atoms with Crippen LogP contribution in [0.2, 0.25) is 10.0 Å². The van der Waals surface area contributed by atoms with Crippen LogP contribution in [0, 0.1) is 5.92 Å². The fourth-order valence-electron chi connectivity index (χ4n) is 3.36. The first-order valence-corrected chi connectivity index (χ1v) is 9.82. The number of aromatic nitrogens is 5. The number of anilines is 2. The number of hydrogen-bond acceptors (Lipinski definition) is 6. The van der Waals surface area contributed by atoms with Crippen molar-refractivity contribution in [3.05, 3.63) is 52.1 Å². The quantitative estimate of drug-likeness (QED) is 0.613. The van der Waals surface area contributed by atoms with Crippen LogP contribution in [-0.2, 0) is 6.54 Å². The Labute approximate surface area is 179 Å². The van der Waals surface area contributed by atoms with Crippen LogP contribution in [0.25, 0.3) is 5.69 Å². The molecule has 0 bridgehead atoms. The van der Waals surface area contributed by atoms with Gasteiger partial charge in [0, 0.05) is 31.4 Å². The van der Waals surface area contributed by atoms with Crippen molar-refractivity contribution in [3.8, 4) is 5.69 Å². The molecule has 30 heavy (non-hydrogen) atoms. The van der Waals surface area contributed by atoms with Gasteiger partial charge in [-0.2, -0.15) is 17.9 Å². The van der Waals surface area contributed by atoms with E-state index in [4.69, 9.17) is 23.2 Å². The van der Waals surface area contributed by atoms with Gasteiger partial charge in [-0.15, -0.1) is 0 Å². The average molecular weight is 458 g/mol. The minimum atomic E-state index is -4.21. The molecule has 1 aliphatic rings. The van der Waals surface area contributed by atoms with E-state index in [1.54, 1.807) is 41.4 Å². The van der Waals surface area contributed by atoms with E-state index in [1.807, 2.05) is 0 Å². The van der Waals surface area contributed by atoms with Crippen LogP contribution < -0.4 is 10.2 Å². The molecule has 1 aliphatic heterocycles. The zero-order valence-corrected chi connectivity index (χ0v) is 17.0. The number of rotatable bonds is 5. The third-order valence-corrected chi connectivity index (χ3v) is 5.69. The Morgan fingerprint density at radius 1 is 1.17 bits per heavy atom. The van der Waals surface area contributed by atoms with Crippen molar-refractivity contribution in [2.24, 2.45) is 5.92 Å². The van der Waals surface area contributed by atoms with E-state index < -0.39 is 12.1 Å². The van der Waals surface area contributed by atoms with Crippen molar-refractivity contribution in [1.29, 1.82) is 0 Å². The van der Waals surface area contributed by atoms with E-state index in [2.05, 4.69) is 25.8 Å². The first kappa shape index (κ1) is 20.7. The summed E-state index contributed by atoms with van der Waals surface area (Å²) in [4.78, 5) is 5.96. The second kappa shape index (κ2) is 8.27. The lowest BCUT2D eigenvalue weighted by molar-refractivity contribution is -0.168. The minimum absolute atomic E-state index is 0.0540. The van der Waals surface area contributed by atoms with Crippen LogP contribution >= 0.6 is 23.2 Å². The van der Waals surface area contributed by atoms with Crippen molar-refractivity contribution in [3.63, 3.8) is 0 Å². The van der Waals surface area contributed by atoms with Crippen molar-refractivity contribution < 1.29 is 13.2 Å². The van der Waals surface area contributed by atoms with E-state index in [0.29, 0.717) is 34.0 Å². The van der Waals surface area contributed by atoms with Gasteiger partial charge in [0.25, 0.3) is 0 Å². The second-order valence-electron chi connectivity index (χ2n) is 6.80. The van der Waals surface area contributed by atoms with Crippen LogP contribution in [0.5, 0.6) is 0 Å². The molecule has 0 spiro atoms. The van der Waals surface area contributed by atoms with Gasteiger partial charge in [-0.25, -0.2) is 4.98 Å². The Hall–Kier alpha value is -2.59. The minimum Gasteiger partial charge on any atom is -0.356 e. The largest absolute Gasteiger partial charge is 0.393 e. The molecule has 1 atom stereocenters. The predicted octanol–water partition coefficient (Wildman–Crippen LogP) is 4.36. The lowest BCUT2D eigenvalue weighted by atomic mass is 10.1. The molecule has 3 aromatic rings. The summed E-state index contributed by atoms with van der Waals surface area (Å²) in [5.74, 6) is -0.530. The lowest BCUT2D eigenvalue weighted by Crippen LogP contribution is -2.28. The van der Waals surface area contributed by atoms with Crippen LogP contribution in [-0.4, -0.2) is 44.5 Å². The highest BCUT2D eigenvalue weighted by Crippen LogP contribution is 2.36. The van der Waals surface area contributed by atoms with Crippen LogP contribution in [0.4, 0.5) is 24.9 Å². The summed E-state index contributed by atoms with van der Waals surface area (Å²) >= 11 is 12.3. The predicted molar refractivity (Wildman–Crippen MR) is 107 cm³/mol. The SMILES string of the molecule is FC(F)(F)C1CCN(c2ncccc2CNc2nnnn2-c2cccc(Cl)c2Cl)C1. The maximum Gasteiger partial charge on any atom is 0.393 e. The monoisotopic (exact) mass is 457 g/mol. The number of alkyl halides is 3. The Balaban J connectivity index is 1.53. The summed E-state index contributed by atoms with van der Waals surface area (Å²) in [6.07, 6.45) is -2.59. The third kappa shape index (κ3) is 4.15. The maximum atomic E-state index is 13.0. The molecule has 1 saturated heterocycles. The summed E-state index contributed by atoms with van der Waals surface area (Å²) in [5, 5.41) is 15.3. The highest BCUT2D eigenvalue weighted by Gasteiger charge is 2.44. The number of tetrazole rings is 1. The van der Waals surface area contributed by atoms with Gasteiger partial charge in [0.2, 0.25) is 5.95 Å². The summed E-state index contributed by atoms with van der Waals surface area (Å²) in [6.45, 7) is 0.447. The van der Waals surface area contributed by atoms with Crippen LogP contribution in [0.3, 0.4) is 0 Å². The van der Waals surface area contributed by atoms with Gasteiger partial charge in [0.05, 0.1) is 21.7 Å². The van der Waals surface area contributed by atoms with E-state index in [0.717, 1.165) is 5.56 Å². The summed E-state index contributed by atoms with van der Waals surface area (Å²) in [6, 6.07) is 8.62. The standard InChI is InChI=1S/C18H16Cl2F3N7/c19-13-4-1-5-14(15(13)20)30-17(26-27-28-30)25-9-11-3-2-7-24-16(11)29-8-6-12(10-29)18(21,22)23/h1-5,7,12H,6,8-10H2,(H,25,26,28). The van der Waals surface area contributed by atoms with Gasteiger partial charge >= 0.3 is 6.18 Å². The van der Waals surface area contributed by atoms with Crippen LogP contribution in [0.15, 0.2) is 36.5 Å². The van der Waals surface area contributed by atoms with Crippen LogP contribution in [0.1, 0.15) is 12.0 Å². The molecule has 4 rings (SSSR count). The molecular formula is C18H16Cl2F3N7. The molecular weight excluding hydrogens is 442 g/mol. The molecule has 7 nitrogen and oxygen atoms in total. The lowest BCUT2D eigenvalue weighted by Gasteiger charge is -2.21. The molecule has 1 N–H and O–H groups in total. The van der Waals surface area contributed by atoms with Gasteiger partial charge in [0.15, 0.2) is 0 Å². The Morgan fingerprint density at radius 3 is 2.77 bits per heavy atom. The van der Waals surface area contributed by atoms with Gasteiger partial charge in [-0.1, -0.05) is 40.4 Å². The Bertz CT molecular complexity index is 1040. The molecule has 0 aliphatic carbocycles. The molecule has 0 amide bonds. The highest BCUT2D eigenvalue weighted by atomic mass is 35.5. The zero-order chi connectivity index (χ0) is 21.3. The first-order chi connectivity index (χ1) is 14.3. The van der Waals surface area contributed by atoms with Gasteiger partial charge in [0.1, 0.15) is 5.82 Å². The third-order valence-electron chi connectivity index (χ3n) is 4.88. The molecule has 0 saturated carbocycles. The van der Waals surface area contributed by atoms with E-state index in [9.17, 15) is 13.2 Å². The molecule has 158 valence electrons. The molecule has 12 heteroatoms. The molecule has 1 aromatic carbocycles. The van der Waals surface area contributed by atoms with E-state index in [-0.39, 0.29) is 19.5 Å². The van der Waals surface area contributed by atoms with E-state index >= 15 is 0 Å². The summed E-state index contributed by atoms with van der Waals surface area (Å²) in [7, 11) is 0. The maximum absolute atomic E-state index is 13.0. The normalized spacial score (nSPS) is 16.8. The van der Waals surface area contributed by atoms with Gasteiger partial charge in [-0.05, 0) is 35.0 Å². The first-order valence-electron chi connectivity index (χ1n) is 9.07. The Morgan fingerprint density at radius 2 is 2.00 bits per heavy atom. The number of nitrogens with one attached hydrogen (secondary N) is 1. The highest BCUT2D eigenvalue weighted by molar-refractivity contribution is 6.43. The zero-order valence-electron chi connectivity index (χ0n) is 15.4. The summed E-state index contributed by atoms with van der Waals surface area (Å²) < 4.78 is 40.5.